The highest BCUT2D eigenvalue weighted by molar-refractivity contribution is 5.93. The Morgan fingerprint density at radius 1 is 1.53 bits per heavy atom. The van der Waals surface area contributed by atoms with Gasteiger partial charge in [-0.25, -0.2) is 4.39 Å². The summed E-state index contributed by atoms with van der Waals surface area (Å²) in [5.41, 5.74) is 6.18. The molecule has 0 radical (unpaired) electrons. The number of nitrogen functional groups attached to an aromatic ring is 1. The average Bonchev–Trinajstić information content (AvgIpc) is 2.33. The largest absolute Gasteiger partial charge is 0.397 e. The van der Waals surface area contributed by atoms with Crippen LogP contribution in [-0.4, -0.2) is 32.3 Å². The molecule has 0 fully saturated rings. The van der Waals surface area contributed by atoms with Gasteiger partial charge < -0.3 is 20.5 Å². The molecule has 1 aromatic carbocycles. The van der Waals surface area contributed by atoms with E-state index in [-0.39, 0.29) is 30.7 Å². The smallest absolute Gasteiger partial charge is 0.226 e. The normalized spacial score (nSPS) is 12.2. The van der Waals surface area contributed by atoms with Gasteiger partial charge in [0, 0.05) is 7.11 Å². The lowest BCUT2D eigenvalue weighted by Crippen LogP contribution is -2.20. The van der Waals surface area contributed by atoms with Crippen LogP contribution in [0.4, 0.5) is 15.8 Å². The fourth-order valence-electron chi connectivity index (χ4n) is 1.50. The minimum atomic E-state index is -0.438. The van der Waals surface area contributed by atoms with Gasteiger partial charge in [-0.3, -0.25) is 4.79 Å². The van der Waals surface area contributed by atoms with E-state index in [1.165, 1.54) is 12.1 Å². The molecule has 106 valence electrons. The van der Waals surface area contributed by atoms with Crippen molar-refractivity contribution in [3.63, 3.8) is 0 Å². The maximum absolute atomic E-state index is 12.8. The fourth-order valence-corrected chi connectivity index (χ4v) is 1.50. The van der Waals surface area contributed by atoms with E-state index in [1.807, 2.05) is 6.92 Å². The van der Waals surface area contributed by atoms with Crippen LogP contribution in [-0.2, 0) is 14.3 Å². The Bertz CT molecular complexity index is 426. The van der Waals surface area contributed by atoms with E-state index in [1.54, 1.807) is 7.11 Å². The van der Waals surface area contributed by atoms with Crippen molar-refractivity contribution in [3.05, 3.63) is 24.0 Å². The van der Waals surface area contributed by atoms with Crippen LogP contribution in [0, 0.1) is 5.82 Å². The maximum atomic E-state index is 12.8. The van der Waals surface area contributed by atoms with Crippen LogP contribution < -0.4 is 11.1 Å². The van der Waals surface area contributed by atoms with Gasteiger partial charge in [-0.1, -0.05) is 0 Å². The molecule has 0 aromatic heterocycles. The average molecular weight is 270 g/mol. The summed E-state index contributed by atoms with van der Waals surface area (Å²) in [5, 5.41) is 2.60. The zero-order chi connectivity index (χ0) is 14.3. The van der Waals surface area contributed by atoms with E-state index >= 15 is 0 Å². The van der Waals surface area contributed by atoms with E-state index in [0.717, 1.165) is 6.07 Å². The summed E-state index contributed by atoms with van der Waals surface area (Å²) < 4.78 is 23.1. The van der Waals surface area contributed by atoms with Gasteiger partial charge in [-0.15, -0.1) is 0 Å². The third kappa shape index (κ3) is 5.67. The van der Waals surface area contributed by atoms with Crippen LogP contribution in [0.1, 0.15) is 13.3 Å². The van der Waals surface area contributed by atoms with Crippen molar-refractivity contribution in [2.45, 2.75) is 19.4 Å². The van der Waals surface area contributed by atoms with Gasteiger partial charge in [0.1, 0.15) is 5.82 Å². The van der Waals surface area contributed by atoms with Gasteiger partial charge in [0.05, 0.1) is 37.1 Å². The summed E-state index contributed by atoms with van der Waals surface area (Å²) in [6.45, 7) is 2.63. The number of anilines is 2. The van der Waals surface area contributed by atoms with Gasteiger partial charge in [0.15, 0.2) is 0 Å². The topological polar surface area (TPSA) is 73.6 Å². The van der Waals surface area contributed by atoms with Crippen molar-refractivity contribution < 1.29 is 18.7 Å². The lowest BCUT2D eigenvalue weighted by atomic mass is 10.2. The SMILES string of the molecule is COCC(C)OCCC(=O)Nc1ccc(F)cc1N. The number of methoxy groups -OCH3 is 1. The van der Waals surface area contributed by atoms with E-state index in [9.17, 15) is 9.18 Å². The van der Waals surface area contributed by atoms with Gasteiger partial charge in [0.2, 0.25) is 5.91 Å². The zero-order valence-corrected chi connectivity index (χ0v) is 11.1. The predicted octanol–water partition coefficient (Wildman–Crippen LogP) is 1.79. The van der Waals surface area contributed by atoms with Crippen LogP contribution in [0.15, 0.2) is 18.2 Å². The molecule has 0 bridgehead atoms. The molecule has 1 amide bonds. The summed E-state index contributed by atoms with van der Waals surface area (Å²) in [7, 11) is 1.59. The number of benzene rings is 1. The molecule has 0 aliphatic heterocycles. The Labute approximate surface area is 111 Å². The molecule has 1 unspecified atom stereocenters. The monoisotopic (exact) mass is 270 g/mol. The zero-order valence-electron chi connectivity index (χ0n) is 11.1. The molecule has 0 spiro atoms. The summed E-state index contributed by atoms with van der Waals surface area (Å²) in [5.74, 6) is -0.671. The van der Waals surface area contributed by atoms with Gasteiger partial charge in [-0.05, 0) is 25.1 Å². The molecule has 1 atom stereocenters. The Hall–Kier alpha value is -1.66. The number of rotatable bonds is 7. The molecule has 0 saturated carbocycles. The highest BCUT2D eigenvalue weighted by Gasteiger charge is 2.07. The Kier molecular flexibility index (Phi) is 6.24. The van der Waals surface area contributed by atoms with Crippen molar-refractivity contribution in [1.82, 2.24) is 0 Å². The number of nitrogens with two attached hydrogens (primary N) is 1. The third-order valence-electron chi connectivity index (χ3n) is 2.42. The molecule has 5 nitrogen and oxygen atoms in total. The number of carbonyl (C=O) groups excluding carboxylic acids is 1. The van der Waals surface area contributed by atoms with Crippen LogP contribution in [0.5, 0.6) is 0 Å². The van der Waals surface area contributed by atoms with E-state index < -0.39 is 5.82 Å². The number of hydrogen-bond donors (Lipinski definition) is 2. The number of hydrogen-bond acceptors (Lipinski definition) is 4. The van der Waals surface area contributed by atoms with Crippen molar-refractivity contribution in [3.8, 4) is 0 Å². The molecule has 0 aliphatic rings. The maximum Gasteiger partial charge on any atom is 0.226 e. The lowest BCUT2D eigenvalue weighted by Gasteiger charge is -2.12. The van der Waals surface area contributed by atoms with Crippen molar-refractivity contribution in [1.29, 1.82) is 0 Å². The number of ether oxygens (including phenoxy) is 2. The molecule has 6 heteroatoms. The quantitative estimate of drug-likeness (QED) is 0.741. The lowest BCUT2D eigenvalue weighted by molar-refractivity contribution is -0.117. The van der Waals surface area contributed by atoms with Gasteiger partial charge in [0.25, 0.3) is 0 Å². The first-order valence-corrected chi connectivity index (χ1v) is 5.98. The van der Waals surface area contributed by atoms with Crippen LogP contribution >= 0.6 is 0 Å². The number of halogens is 1. The second-order valence-electron chi connectivity index (χ2n) is 4.17. The first-order valence-electron chi connectivity index (χ1n) is 5.98. The first-order chi connectivity index (χ1) is 9.02. The predicted molar refractivity (Wildman–Crippen MR) is 71.3 cm³/mol. The molecule has 0 aliphatic carbocycles. The van der Waals surface area contributed by atoms with Crippen LogP contribution in [0.25, 0.3) is 0 Å². The fraction of sp³-hybridized carbons (Fsp3) is 0.462. The summed E-state index contributed by atoms with van der Waals surface area (Å²) in [4.78, 5) is 11.6. The molecule has 19 heavy (non-hydrogen) atoms. The standard InChI is InChI=1S/C13H19FN2O3/c1-9(8-18-2)19-6-5-13(17)16-12-4-3-10(14)7-11(12)15/h3-4,7,9H,5-6,8,15H2,1-2H3,(H,16,17). The molecule has 1 aromatic rings. The Morgan fingerprint density at radius 3 is 2.89 bits per heavy atom. The van der Waals surface area contributed by atoms with Crippen molar-refractivity contribution in [2.75, 3.05) is 31.4 Å². The number of carbonyl (C=O) groups is 1. The van der Waals surface area contributed by atoms with Gasteiger partial charge >= 0.3 is 0 Å². The molecule has 1 rings (SSSR count). The van der Waals surface area contributed by atoms with Gasteiger partial charge in [-0.2, -0.15) is 0 Å². The first kappa shape index (κ1) is 15.4. The minimum absolute atomic E-state index is 0.0614. The molecule has 3 N–H and O–H groups in total. The molecular weight excluding hydrogens is 251 g/mol. The van der Waals surface area contributed by atoms with Crippen LogP contribution in [0.3, 0.4) is 0 Å². The second-order valence-corrected chi connectivity index (χ2v) is 4.17. The Balaban J connectivity index is 2.35. The second kappa shape index (κ2) is 7.70. The van der Waals surface area contributed by atoms with Crippen LogP contribution in [0.2, 0.25) is 0 Å². The minimum Gasteiger partial charge on any atom is -0.397 e. The summed E-state index contributed by atoms with van der Waals surface area (Å²) in [6.07, 6.45) is 0.138. The molecule has 0 saturated heterocycles. The number of amides is 1. The highest BCUT2D eigenvalue weighted by Crippen LogP contribution is 2.19. The molecular formula is C13H19FN2O3. The number of nitrogens with one attached hydrogen (secondary N) is 1. The van der Waals surface area contributed by atoms with Crippen molar-refractivity contribution >= 4 is 17.3 Å². The summed E-state index contributed by atoms with van der Waals surface area (Å²) >= 11 is 0. The van der Waals surface area contributed by atoms with E-state index in [2.05, 4.69) is 5.32 Å². The van der Waals surface area contributed by atoms with E-state index in [4.69, 9.17) is 15.2 Å². The summed E-state index contributed by atoms with van der Waals surface area (Å²) in [6, 6.07) is 3.83. The Morgan fingerprint density at radius 2 is 2.26 bits per heavy atom. The third-order valence-corrected chi connectivity index (χ3v) is 2.42. The van der Waals surface area contributed by atoms with Crippen molar-refractivity contribution in [2.24, 2.45) is 0 Å². The van der Waals surface area contributed by atoms with E-state index in [0.29, 0.717) is 12.3 Å². The molecule has 0 heterocycles. The highest BCUT2D eigenvalue weighted by atomic mass is 19.1.